The molecule has 25 heavy (non-hydrogen) atoms. The largest absolute Gasteiger partial charge is 0.322 e. The number of nitrogens with one attached hydrogen (secondary N) is 1. The van der Waals surface area contributed by atoms with Gasteiger partial charge >= 0.3 is 0 Å². The Morgan fingerprint density at radius 2 is 1.92 bits per heavy atom. The van der Waals surface area contributed by atoms with Crippen LogP contribution in [0, 0.1) is 6.92 Å². The zero-order valence-electron chi connectivity index (χ0n) is 13.4. The van der Waals surface area contributed by atoms with Crippen LogP contribution in [0.2, 0.25) is 0 Å². The average molecular weight is 346 g/mol. The summed E-state index contributed by atoms with van der Waals surface area (Å²) >= 11 is 1.56. The van der Waals surface area contributed by atoms with E-state index in [0.717, 1.165) is 32.2 Å². The van der Waals surface area contributed by atoms with Crippen LogP contribution in [-0.2, 0) is 0 Å². The second-order valence-electron chi connectivity index (χ2n) is 5.57. The van der Waals surface area contributed by atoms with Gasteiger partial charge in [0, 0.05) is 35.4 Å². The fourth-order valence-corrected chi connectivity index (χ4v) is 3.43. The van der Waals surface area contributed by atoms with Gasteiger partial charge < -0.3 is 5.32 Å². The summed E-state index contributed by atoms with van der Waals surface area (Å²) in [5, 5.41) is 3.86. The van der Waals surface area contributed by atoms with Gasteiger partial charge in [-0.05, 0) is 55.0 Å². The molecular weight excluding hydrogens is 332 g/mol. The lowest BCUT2D eigenvalue weighted by Crippen LogP contribution is -2.12. The predicted octanol–water partition coefficient (Wildman–Crippen LogP) is 4.31. The Hall–Kier alpha value is -3.12. The number of carbonyl (C=O) groups is 1. The minimum absolute atomic E-state index is 0.151. The van der Waals surface area contributed by atoms with Gasteiger partial charge in [-0.1, -0.05) is 11.3 Å². The van der Waals surface area contributed by atoms with Crippen molar-refractivity contribution in [3.05, 3.63) is 72.2 Å². The van der Waals surface area contributed by atoms with Crippen molar-refractivity contribution in [1.82, 2.24) is 15.0 Å². The zero-order valence-corrected chi connectivity index (χ0v) is 14.2. The molecule has 0 aliphatic rings. The molecule has 0 atom stereocenters. The quantitative estimate of drug-likeness (QED) is 0.600. The first-order chi connectivity index (χ1) is 12.2. The second kappa shape index (κ2) is 6.41. The Morgan fingerprint density at radius 3 is 2.68 bits per heavy atom. The third-order valence-corrected chi connectivity index (χ3v) is 4.86. The van der Waals surface area contributed by atoms with Crippen molar-refractivity contribution in [3.63, 3.8) is 0 Å². The van der Waals surface area contributed by atoms with Crippen LogP contribution in [0.1, 0.15) is 15.9 Å². The van der Waals surface area contributed by atoms with Gasteiger partial charge in [-0.2, -0.15) is 0 Å². The molecular formula is C19H14N4OS. The molecule has 1 aromatic carbocycles. The van der Waals surface area contributed by atoms with Crippen LogP contribution >= 0.6 is 11.3 Å². The summed E-state index contributed by atoms with van der Waals surface area (Å²) < 4.78 is 0. The molecule has 3 aromatic heterocycles. The van der Waals surface area contributed by atoms with Gasteiger partial charge in [0.25, 0.3) is 5.91 Å². The number of aryl methyl sites for hydroxylation is 1. The van der Waals surface area contributed by atoms with Crippen molar-refractivity contribution < 1.29 is 4.79 Å². The molecule has 0 fully saturated rings. The van der Waals surface area contributed by atoms with Gasteiger partial charge in [0.1, 0.15) is 15.4 Å². The van der Waals surface area contributed by atoms with Crippen molar-refractivity contribution in [2.45, 2.75) is 6.92 Å². The summed E-state index contributed by atoms with van der Waals surface area (Å²) in [6.45, 7) is 1.97. The number of nitrogens with zero attached hydrogens (tertiary/aromatic N) is 3. The van der Waals surface area contributed by atoms with Gasteiger partial charge in [-0.25, -0.2) is 9.97 Å². The normalized spacial score (nSPS) is 10.8. The monoisotopic (exact) mass is 346 g/mol. The first-order valence-electron chi connectivity index (χ1n) is 7.75. The first-order valence-corrected chi connectivity index (χ1v) is 8.56. The lowest BCUT2D eigenvalue weighted by molar-refractivity contribution is 0.102. The number of hydrogen-bond donors (Lipinski definition) is 1. The van der Waals surface area contributed by atoms with Crippen LogP contribution in [-0.4, -0.2) is 20.9 Å². The minimum Gasteiger partial charge on any atom is -0.322 e. The summed E-state index contributed by atoms with van der Waals surface area (Å²) in [6.07, 6.45) is 4.98. The molecule has 1 N–H and O–H groups in total. The smallest absolute Gasteiger partial charge is 0.255 e. The van der Waals surface area contributed by atoms with Crippen LogP contribution in [0.3, 0.4) is 0 Å². The van der Waals surface area contributed by atoms with Crippen LogP contribution in [0.5, 0.6) is 0 Å². The summed E-state index contributed by atoms with van der Waals surface area (Å²) in [5.74, 6) is -0.151. The number of thiazole rings is 1. The van der Waals surface area contributed by atoms with E-state index in [9.17, 15) is 4.79 Å². The Kier molecular flexibility index (Phi) is 3.95. The van der Waals surface area contributed by atoms with Crippen LogP contribution in [0.4, 0.5) is 5.69 Å². The molecule has 1 amide bonds. The maximum atomic E-state index is 12.3. The van der Waals surface area contributed by atoms with E-state index in [-0.39, 0.29) is 5.91 Å². The summed E-state index contributed by atoms with van der Waals surface area (Å²) in [5.41, 5.74) is 4.25. The Morgan fingerprint density at radius 1 is 1.08 bits per heavy atom. The van der Waals surface area contributed by atoms with E-state index in [1.807, 2.05) is 37.3 Å². The summed E-state index contributed by atoms with van der Waals surface area (Å²) in [6, 6.07) is 13.1. The van der Waals surface area contributed by atoms with Gasteiger partial charge in [0.2, 0.25) is 0 Å². The molecule has 0 bridgehead atoms. The molecule has 0 saturated carbocycles. The molecule has 3 heterocycles. The molecule has 0 saturated heterocycles. The third-order valence-electron chi connectivity index (χ3n) is 3.83. The highest BCUT2D eigenvalue weighted by atomic mass is 32.1. The number of aromatic nitrogens is 3. The number of rotatable bonds is 3. The second-order valence-corrected chi connectivity index (χ2v) is 6.54. The topological polar surface area (TPSA) is 67.8 Å². The number of benzene rings is 1. The van der Waals surface area contributed by atoms with E-state index in [2.05, 4.69) is 20.3 Å². The minimum atomic E-state index is -0.151. The maximum absolute atomic E-state index is 12.3. The Labute approximate surface area is 148 Å². The number of hydrogen-bond acceptors (Lipinski definition) is 5. The van der Waals surface area contributed by atoms with E-state index in [1.54, 1.807) is 42.1 Å². The number of pyridine rings is 2. The van der Waals surface area contributed by atoms with E-state index >= 15 is 0 Å². The number of amides is 1. The standard InChI is InChI=1S/C19H14N4OS/c1-12-11-14(18-23-16-3-2-8-21-19(16)25-18)4-5-15(12)22-17(24)13-6-9-20-10-7-13/h2-11H,1H3,(H,22,24). The van der Waals surface area contributed by atoms with Crippen LogP contribution in [0.25, 0.3) is 20.9 Å². The van der Waals surface area contributed by atoms with E-state index in [0.29, 0.717) is 5.56 Å². The van der Waals surface area contributed by atoms with Crippen LogP contribution in [0.15, 0.2) is 61.1 Å². The maximum Gasteiger partial charge on any atom is 0.255 e. The van der Waals surface area contributed by atoms with Gasteiger partial charge in [0.05, 0.1) is 0 Å². The fraction of sp³-hybridized carbons (Fsp3) is 0.0526. The average Bonchev–Trinajstić information content (AvgIpc) is 3.08. The van der Waals surface area contributed by atoms with Gasteiger partial charge in [0.15, 0.2) is 0 Å². The predicted molar refractivity (Wildman–Crippen MR) is 99.8 cm³/mol. The SMILES string of the molecule is Cc1cc(-c2nc3cccnc3s2)ccc1NC(=O)c1ccncc1. The van der Waals surface area contributed by atoms with Crippen LogP contribution < -0.4 is 5.32 Å². The number of carbonyl (C=O) groups excluding carboxylic acids is 1. The van der Waals surface area contributed by atoms with E-state index in [1.165, 1.54) is 0 Å². The lowest BCUT2D eigenvalue weighted by atomic mass is 10.1. The fourth-order valence-electron chi connectivity index (χ4n) is 2.53. The molecule has 0 spiro atoms. The summed E-state index contributed by atoms with van der Waals surface area (Å²) in [7, 11) is 0. The Bertz CT molecular complexity index is 1030. The molecule has 4 rings (SSSR count). The molecule has 0 unspecified atom stereocenters. The molecule has 0 aliphatic heterocycles. The molecule has 122 valence electrons. The molecule has 6 heteroatoms. The Balaban J connectivity index is 1.61. The van der Waals surface area contributed by atoms with Gasteiger partial charge in [-0.3, -0.25) is 9.78 Å². The van der Waals surface area contributed by atoms with E-state index in [4.69, 9.17) is 0 Å². The number of anilines is 1. The highest BCUT2D eigenvalue weighted by Crippen LogP contribution is 2.31. The van der Waals surface area contributed by atoms with E-state index < -0.39 is 0 Å². The van der Waals surface area contributed by atoms with Crippen molar-refractivity contribution in [1.29, 1.82) is 0 Å². The molecule has 4 aromatic rings. The van der Waals surface area contributed by atoms with Crippen molar-refractivity contribution in [2.75, 3.05) is 5.32 Å². The van der Waals surface area contributed by atoms with Crippen molar-refractivity contribution in [2.24, 2.45) is 0 Å². The third kappa shape index (κ3) is 3.12. The zero-order chi connectivity index (χ0) is 17.2. The lowest BCUT2D eigenvalue weighted by Gasteiger charge is -2.09. The van der Waals surface area contributed by atoms with Gasteiger partial charge in [-0.15, -0.1) is 0 Å². The molecule has 0 radical (unpaired) electrons. The number of fused-ring (bicyclic) bond motifs is 1. The van der Waals surface area contributed by atoms with Crippen molar-refractivity contribution >= 4 is 33.3 Å². The highest BCUT2D eigenvalue weighted by Gasteiger charge is 2.11. The van der Waals surface area contributed by atoms with Crippen molar-refractivity contribution in [3.8, 4) is 10.6 Å². The first kappa shape index (κ1) is 15.4. The molecule has 0 aliphatic carbocycles. The molecule has 5 nitrogen and oxygen atoms in total. The highest BCUT2D eigenvalue weighted by molar-refractivity contribution is 7.21. The summed E-state index contributed by atoms with van der Waals surface area (Å²) in [4.78, 5) is 26.1.